The number of hydrogen-bond donors (Lipinski definition) is 3. The smallest absolute Gasteiger partial charge is 0.264 e. The second-order valence-electron chi connectivity index (χ2n) is 4.73. The molecule has 112 valence electrons. The fourth-order valence-electron chi connectivity index (χ4n) is 1.58. The molecular formula is C13H21N3O3S. The van der Waals surface area contributed by atoms with Crippen molar-refractivity contribution in [3.63, 3.8) is 0 Å². The Morgan fingerprint density at radius 3 is 2.30 bits per heavy atom. The van der Waals surface area contributed by atoms with Crippen LogP contribution >= 0.6 is 0 Å². The molecule has 0 aliphatic carbocycles. The molecule has 0 radical (unpaired) electrons. The summed E-state index contributed by atoms with van der Waals surface area (Å²) in [6.45, 7) is 4.01. The van der Waals surface area contributed by atoms with E-state index in [-0.39, 0.29) is 10.8 Å². The average Bonchev–Trinajstić information content (AvgIpc) is 2.45. The van der Waals surface area contributed by atoms with Crippen LogP contribution in [0, 0.1) is 5.92 Å². The second-order valence-corrected chi connectivity index (χ2v) is 6.41. The summed E-state index contributed by atoms with van der Waals surface area (Å²) in [6.07, 6.45) is 0.694. The summed E-state index contributed by atoms with van der Waals surface area (Å²) in [4.78, 5) is 11.8. The average molecular weight is 299 g/mol. The first-order chi connectivity index (χ1) is 9.31. The van der Waals surface area contributed by atoms with Gasteiger partial charge >= 0.3 is 0 Å². The van der Waals surface area contributed by atoms with Crippen molar-refractivity contribution in [3.05, 3.63) is 29.8 Å². The fourth-order valence-corrected chi connectivity index (χ4v) is 2.59. The Labute approximate surface area is 119 Å². The number of sulfonamides is 1. The monoisotopic (exact) mass is 299 g/mol. The normalized spacial score (nSPS) is 14.6. The standard InChI is InChI=1S/C13H21N3O3S/c1-3-9(2)12(15)13(17)16-20(18,19)11-6-4-10(8-14)5-7-11/h4-7,9,12H,3,8,14-15H2,1-2H3,(H,16,17). The number of carbonyl (C=O) groups excluding carboxylic acids is 1. The molecule has 0 heterocycles. The zero-order chi connectivity index (χ0) is 15.3. The molecule has 0 aromatic heterocycles. The molecule has 1 aromatic carbocycles. The number of hydrogen-bond acceptors (Lipinski definition) is 5. The third-order valence-corrected chi connectivity index (χ3v) is 4.63. The van der Waals surface area contributed by atoms with Gasteiger partial charge in [0, 0.05) is 6.54 Å². The summed E-state index contributed by atoms with van der Waals surface area (Å²) in [5, 5.41) is 0. The molecule has 0 fully saturated rings. The molecule has 0 saturated carbocycles. The third-order valence-electron chi connectivity index (χ3n) is 3.26. The Morgan fingerprint density at radius 2 is 1.85 bits per heavy atom. The van der Waals surface area contributed by atoms with E-state index in [2.05, 4.69) is 0 Å². The lowest BCUT2D eigenvalue weighted by Crippen LogP contribution is -2.46. The minimum atomic E-state index is -3.89. The first-order valence-electron chi connectivity index (χ1n) is 6.43. The van der Waals surface area contributed by atoms with Crippen LogP contribution in [0.5, 0.6) is 0 Å². The molecule has 7 heteroatoms. The molecule has 20 heavy (non-hydrogen) atoms. The highest BCUT2D eigenvalue weighted by Gasteiger charge is 2.24. The summed E-state index contributed by atoms with van der Waals surface area (Å²) in [7, 11) is -3.89. The SMILES string of the molecule is CCC(C)C(N)C(=O)NS(=O)(=O)c1ccc(CN)cc1. The van der Waals surface area contributed by atoms with Crippen molar-refractivity contribution in [2.45, 2.75) is 37.8 Å². The van der Waals surface area contributed by atoms with E-state index in [0.717, 1.165) is 5.56 Å². The lowest BCUT2D eigenvalue weighted by atomic mass is 10.00. The lowest BCUT2D eigenvalue weighted by molar-refractivity contribution is -0.121. The van der Waals surface area contributed by atoms with Gasteiger partial charge in [-0.15, -0.1) is 0 Å². The van der Waals surface area contributed by atoms with Gasteiger partial charge in [-0.2, -0.15) is 0 Å². The van der Waals surface area contributed by atoms with E-state index in [1.807, 2.05) is 11.6 Å². The van der Waals surface area contributed by atoms with E-state index in [0.29, 0.717) is 13.0 Å². The van der Waals surface area contributed by atoms with Crippen molar-refractivity contribution in [3.8, 4) is 0 Å². The molecule has 1 aromatic rings. The Balaban J connectivity index is 2.86. The van der Waals surface area contributed by atoms with Crippen LogP contribution in [0.15, 0.2) is 29.2 Å². The third kappa shape index (κ3) is 4.03. The number of nitrogens with two attached hydrogens (primary N) is 2. The number of amides is 1. The van der Waals surface area contributed by atoms with Gasteiger partial charge in [0.2, 0.25) is 0 Å². The predicted molar refractivity (Wildman–Crippen MR) is 77.1 cm³/mol. The van der Waals surface area contributed by atoms with Crippen LogP contribution in [0.2, 0.25) is 0 Å². The molecule has 0 spiro atoms. The van der Waals surface area contributed by atoms with Crippen LogP contribution in [-0.4, -0.2) is 20.4 Å². The maximum Gasteiger partial charge on any atom is 0.264 e. The largest absolute Gasteiger partial charge is 0.326 e. The van der Waals surface area contributed by atoms with Gasteiger partial charge in [0.25, 0.3) is 15.9 Å². The molecule has 2 atom stereocenters. The first-order valence-corrected chi connectivity index (χ1v) is 7.91. The van der Waals surface area contributed by atoms with Crippen LogP contribution < -0.4 is 16.2 Å². The Hall–Kier alpha value is -1.44. The first kappa shape index (κ1) is 16.6. The highest BCUT2D eigenvalue weighted by molar-refractivity contribution is 7.90. The molecule has 1 amide bonds. The number of benzene rings is 1. The predicted octanol–water partition coefficient (Wildman–Crippen LogP) is 0.324. The van der Waals surface area contributed by atoms with Gasteiger partial charge in [-0.25, -0.2) is 13.1 Å². The summed E-state index contributed by atoms with van der Waals surface area (Å²) in [5.41, 5.74) is 12.0. The van der Waals surface area contributed by atoms with E-state index < -0.39 is 22.0 Å². The van der Waals surface area contributed by atoms with Gasteiger partial charge in [0.15, 0.2) is 0 Å². The minimum absolute atomic E-state index is 0.0133. The van der Waals surface area contributed by atoms with Gasteiger partial charge < -0.3 is 11.5 Å². The summed E-state index contributed by atoms with van der Waals surface area (Å²) >= 11 is 0. The lowest BCUT2D eigenvalue weighted by Gasteiger charge is -2.17. The molecule has 0 bridgehead atoms. The van der Waals surface area contributed by atoms with Gasteiger partial charge in [0.05, 0.1) is 10.9 Å². The maximum absolute atomic E-state index is 12.0. The molecule has 5 N–H and O–H groups in total. The van der Waals surface area contributed by atoms with Gasteiger partial charge in [-0.05, 0) is 23.6 Å². The van der Waals surface area contributed by atoms with E-state index in [1.54, 1.807) is 19.1 Å². The van der Waals surface area contributed by atoms with Crippen molar-refractivity contribution in [1.82, 2.24) is 4.72 Å². The number of rotatable bonds is 6. The molecule has 1 rings (SSSR count). The van der Waals surface area contributed by atoms with Crippen LogP contribution in [0.4, 0.5) is 0 Å². The summed E-state index contributed by atoms with van der Waals surface area (Å²) in [6, 6.07) is 5.18. The van der Waals surface area contributed by atoms with Crippen molar-refractivity contribution >= 4 is 15.9 Å². The fraction of sp³-hybridized carbons (Fsp3) is 0.462. The minimum Gasteiger partial charge on any atom is -0.326 e. The highest BCUT2D eigenvalue weighted by atomic mass is 32.2. The zero-order valence-corrected chi connectivity index (χ0v) is 12.5. The van der Waals surface area contributed by atoms with Gasteiger partial charge in [-0.1, -0.05) is 32.4 Å². The van der Waals surface area contributed by atoms with E-state index >= 15 is 0 Å². The van der Waals surface area contributed by atoms with Crippen molar-refractivity contribution in [2.24, 2.45) is 17.4 Å². The van der Waals surface area contributed by atoms with Gasteiger partial charge in [-0.3, -0.25) is 4.79 Å². The Morgan fingerprint density at radius 1 is 1.30 bits per heavy atom. The molecule has 0 saturated heterocycles. The number of nitrogens with one attached hydrogen (secondary N) is 1. The van der Waals surface area contributed by atoms with Gasteiger partial charge in [0.1, 0.15) is 0 Å². The molecular weight excluding hydrogens is 278 g/mol. The Kier molecular flexibility index (Phi) is 5.67. The van der Waals surface area contributed by atoms with Crippen molar-refractivity contribution in [1.29, 1.82) is 0 Å². The van der Waals surface area contributed by atoms with E-state index in [1.165, 1.54) is 12.1 Å². The van der Waals surface area contributed by atoms with Crippen molar-refractivity contribution in [2.75, 3.05) is 0 Å². The topological polar surface area (TPSA) is 115 Å². The Bertz CT molecular complexity index is 555. The second kappa shape index (κ2) is 6.83. The highest BCUT2D eigenvalue weighted by Crippen LogP contribution is 2.11. The van der Waals surface area contributed by atoms with Crippen LogP contribution in [0.3, 0.4) is 0 Å². The molecule has 0 aliphatic rings. The quantitative estimate of drug-likeness (QED) is 0.700. The van der Waals surface area contributed by atoms with Crippen LogP contribution in [0.1, 0.15) is 25.8 Å². The van der Waals surface area contributed by atoms with E-state index in [4.69, 9.17) is 11.5 Å². The van der Waals surface area contributed by atoms with Crippen molar-refractivity contribution < 1.29 is 13.2 Å². The zero-order valence-electron chi connectivity index (χ0n) is 11.7. The maximum atomic E-state index is 12.0. The summed E-state index contributed by atoms with van der Waals surface area (Å²) in [5.74, 6) is -0.785. The summed E-state index contributed by atoms with van der Waals surface area (Å²) < 4.78 is 26.1. The molecule has 0 aliphatic heterocycles. The van der Waals surface area contributed by atoms with Crippen LogP contribution in [-0.2, 0) is 21.4 Å². The number of carbonyl (C=O) groups is 1. The van der Waals surface area contributed by atoms with Crippen LogP contribution in [0.25, 0.3) is 0 Å². The molecule has 6 nitrogen and oxygen atoms in total. The molecule has 2 unspecified atom stereocenters. The van der Waals surface area contributed by atoms with E-state index in [9.17, 15) is 13.2 Å².